The normalized spacial score (nSPS) is 30.2. The van der Waals surface area contributed by atoms with Crippen molar-refractivity contribution in [2.75, 3.05) is 18.1 Å². The van der Waals surface area contributed by atoms with Crippen molar-refractivity contribution in [3.05, 3.63) is 0 Å². The van der Waals surface area contributed by atoms with Crippen molar-refractivity contribution in [1.82, 2.24) is 5.32 Å². The first-order chi connectivity index (χ1) is 8.91. The van der Waals surface area contributed by atoms with Crippen molar-refractivity contribution in [3.63, 3.8) is 0 Å². The van der Waals surface area contributed by atoms with Gasteiger partial charge in [0, 0.05) is 6.04 Å². The molecule has 0 saturated heterocycles. The molecule has 0 aromatic heterocycles. The third kappa shape index (κ3) is 4.38. The summed E-state index contributed by atoms with van der Waals surface area (Å²) >= 11 is 1.98. The van der Waals surface area contributed by atoms with Crippen molar-refractivity contribution in [1.29, 1.82) is 0 Å². The molecular weight excluding hydrogens is 258 g/mol. The zero-order valence-corrected chi connectivity index (χ0v) is 13.6. The van der Waals surface area contributed by atoms with Crippen LogP contribution < -0.4 is 5.32 Å². The van der Waals surface area contributed by atoms with Gasteiger partial charge in [0.05, 0.1) is 5.92 Å². The van der Waals surface area contributed by atoms with Gasteiger partial charge in [0.2, 0.25) is 0 Å². The first-order valence-corrected chi connectivity index (χ1v) is 8.60. The maximum atomic E-state index is 11.3. The van der Waals surface area contributed by atoms with Gasteiger partial charge in [-0.05, 0) is 48.6 Å². The van der Waals surface area contributed by atoms with E-state index in [2.05, 4.69) is 33.0 Å². The lowest BCUT2D eigenvalue weighted by Crippen LogP contribution is -2.51. The molecule has 0 aromatic rings. The molecule has 0 radical (unpaired) electrons. The molecule has 0 amide bonds. The van der Waals surface area contributed by atoms with Gasteiger partial charge in [-0.25, -0.2) is 0 Å². The summed E-state index contributed by atoms with van der Waals surface area (Å²) in [6.07, 6.45) is 2.99. The van der Waals surface area contributed by atoms with E-state index in [1.54, 1.807) is 0 Å². The van der Waals surface area contributed by atoms with Crippen LogP contribution in [0, 0.1) is 17.3 Å². The molecule has 1 fully saturated rings. The van der Waals surface area contributed by atoms with E-state index in [0.717, 1.165) is 19.4 Å². The summed E-state index contributed by atoms with van der Waals surface area (Å²) in [7, 11) is 0. The smallest absolute Gasteiger partial charge is 0.307 e. The molecule has 4 heteroatoms. The van der Waals surface area contributed by atoms with E-state index in [1.807, 2.05) is 11.8 Å². The first kappa shape index (κ1) is 16.8. The molecule has 0 aromatic carbocycles. The third-order valence-corrected chi connectivity index (χ3v) is 5.80. The SMILES string of the molecule is CCSCCCNC1CCC(C(=O)O)C(C)(C)C1C. The zero-order chi connectivity index (χ0) is 14.5. The Balaban J connectivity index is 2.44. The predicted molar refractivity (Wildman–Crippen MR) is 82.7 cm³/mol. The summed E-state index contributed by atoms with van der Waals surface area (Å²) in [4.78, 5) is 11.3. The molecule has 0 spiro atoms. The molecule has 1 saturated carbocycles. The predicted octanol–water partition coefficient (Wildman–Crippen LogP) is 3.24. The van der Waals surface area contributed by atoms with Crippen molar-refractivity contribution in [3.8, 4) is 0 Å². The Bertz CT molecular complexity index is 294. The monoisotopic (exact) mass is 287 g/mol. The van der Waals surface area contributed by atoms with E-state index < -0.39 is 5.97 Å². The zero-order valence-electron chi connectivity index (χ0n) is 12.7. The quantitative estimate of drug-likeness (QED) is 0.706. The largest absolute Gasteiger partial charge is 0.481 e. The van der Waals surface area contributed by atoms with Gasteiger partial charge in [-0.2, -0.15) is 11.8 Å². The van der Waals surface area contributed by atoms with E-state index in [9.17, 15) is 9.90 Å². The van der Waals surface area contributed by atoms with Crippen LogP contribution in [0.2, 0.25) is 0 Å². The number of hydrogen-bond acceptors (Lipinski definition) is 3. The van der Waals surface area contributed by atoms with E-state index >= 15 is 0 Å². The average molecular weight is 287 g/mol. The second-order valence-electron chi connectivity index (χ2n) is 6.19. The number of carboxylic acid groups (broad SMARTS) is 1. The first-order valence-electron chi connectivity index (χ1n) is 7.45. The molecule has 3 unspecified atom stereocenters. The van der Waals surface area contributed by atoms with E-state index in [0.29, 0.717) is 12.0 Å². The number of thioether (sulfide) groups is 1. The number of hydrogen-bond donors (Lipinski definition) is 2. The van der Waals surface area contributed by atoms with E-state index in [4.69, 9.17) is 0 Å². The van der Waals surface area contributed by atoms with E-state index in [1.165, 1.54) is 17.9 Å². The van der Waals surface area contributed by atoms with Gasteiger partial charge in [0.15, 0.2) is 0 Å². The lowest BCUT2D eigenvalue weighted by atomic mass is 9.61. The second-order valence-corrected chi connectivity index (χ2v) is 7.58. The fourth-order valence-corrected chi connectivity index (χ4v) is 3.77. The molecule has 0 aliphatic heterocycles. The Morgan fingerprint density at radius 2 is 2.11 bits per heavy atom. The summed E-state index contributed by atoms with van der Waals surface area (Å²) < 4.78 is 0. The Hall–Kier alpha value is -0.220. The second kappa shape index (κ2) is 7.53. The van der Waals surface area contributed by atoms with Crippen LogP contribution in [-0.4, -0.2) is 35.2 Å². The summed E-state index contributed by atoms with van der Waals surface area (Å²) in [5, 5.41) is 13.0. The van der Waals surface area contributed by atoms with Crippen LogP contribution in [0.15, 0.2) is 0 Å². The maximum Gasteiger partial charge on any atom is 0.307 e. The minimum atomic E-state index is -0.630. The highest BCUT2D eigenvalue weighted by molar-refractivity contribution is 7.99. The van der Waals surface area contributed by atoms with Crippen LogP contribution in [-0.2, 0) is 4.79 Å². The topological polar surface area (TPSA) is 49.3 Å². The maximum absolute atomic E-state index is 11.3. The molecular formula is C15H29NO2S. The van der Waals surface area contributed by atoms with Gasteiger partial charge in [-0.15, -0.1) is 0 Å². The van der Waals surface area contributed by atoms with Crippen LogP contribution in [0.1, 0.15) is 47.0 Å². The van der Waals surface area contributed by atoms with Gasteiger partial charge >= 0.3 is 5.97 Å². The Morgan fingerprint density at radius 1 is 1.42 bits per heavy atom. The van der Waals surface area contributed by atoms with Crippen LogP contribution in [0.5, 0.6) is 0 Å². The number of carboxylic acids is 1. The molecule has 19 heavy (non-hydrogen) atoms. The van der Waals surface area contributed by atoms with Gasteiger partial charge in [0.1, 0.15) is 0 Å². The van der Waals surface area contributed by atoms with Crippen molar-refractivity contribution < 1.29 is 9.90 Å². The van der Waals surface area contributed by atoms with Crippen LogP contribution >= 0.6 is 11.8 Å². The Kier molecular flexibility index (Phi) is 6.67. The van der Waals surface area contributed by atoms with Crippen molar-refractivity contribution in [2.45, 2.75) is 53.0 Å². The van der Waals surface area contributed by atoms with Crippen LogP contribution in [0.3, 0.4) is 0 Å². The minimum Gasteiger partial charge on any atom is -0.481 e. The van der Waals surface area contributed by atoms with Crippen molar-refractivity contribution >= 4 is 17.7 Å². The Morgan fingerprint density at radius 3 is 2.68 bits per heavy atom. The van der Waals surface area contributed by atoms with Gasteiger partial charge in [-0.3, -0.25) is 4.79 Å². The van der Waals surface area contributed by atoms with Crippen LogP contribution in [0.25, 0.3) is 0 Å². The molecule has 2 N–H and O–H groups in total. The van der Waals surface area contributed by atoms with Crippen LogP contribution in [0.4, 0.5) is 0 Å². The fourth-order valence-electron chi connectivity index (χ4n) is 3.13. The summed E-state index contributed by atoms with van der Waals surface area (Å²) in [6.45, 7) is 9.66. The number of rotatable bonds is 7. The number of aliphatic carboxylic acids is 1. The standard InChI is InChI=1S/C15H29NO2S/c1-5-19-10-6-9-16-13-8-7-12(14(17)18)15(3,4)11(13)2/h11-13,16H,5-10H2,1-4H3,(H,17,18). The highest BCUT2D eigenvalue weighted by Gasteiger charge is 2.45. The van der Waals surface area contributed by atoms with Crippen molar-refractivity contribution in [2.24, 2.45) is 17.3 Å². The summed E-state index contributed by atoms with van der Waals surface area (Å²) in [5.74, 6) is 1.98. The van der Waals surface area contributed by atoms with Gasteiger partial charge < -0.3 is 10.4 Å². The molecule has 0 heterocycles. The average Bonchev–Trinajstić information content (AvgIpc) is 2.33. The third-order valence-electron chi connectivity index (χ3n) is 4.82. The molecule has 1 aliphatic rings. The summed E-state index contributed by atoms with van der Waals surface area (Å²) in [5.41, 5.74) is -0.125. The molecule has 3 nitrogen and oxygen atoms in total. The molecule has 1 rings (SSSR count). The highest BCUT2D eigenvalue weighted by atomic mass is 32.2. The van der Waals surface area contributed by atoms with E-state index in [-0.39, 0.29) is 11.3 Å². The minimum absolute atomic E-state index is 0.125. The Labute approximate surface area is 121 Å². The molecule has 0 bridgehead atoms. The number of nitrogens with one attached hydrogen (secondary N) is 1. The number of carbonyl (C=O) groups is 1. The van der Waals surface area contributed by atoms with Gasteiger partial charge in [-0.1, -0.05) is 27.7 Å². The summed E-state index contributed by atoms with van der Waals surface area (Å²) in [6, 6.07) is 0.470. The molecule has 1 aliphatic carbocycles. The highest BCUT2D eigenvalue weighted by Crippen LogP contribution is 2.45. The fraction of sp³-hybridized carbons (Fsp3) is 0.933. The lowest BCUT2D eigenvalue weighted by molar-refractivity contribution is -0.150. The molecule has 112 valence electrons. The lowest BCUT2D eigenvalue weighted by Gasteiger charge is -2.46. The van der Waals surface area contributed by atoms with Gasteiger partial charge in [0.25, 0.3) is 0 Å². The molecule has 3 atom stereocenters.